The first-order valence-corrected chi connectivity index (χ1v) is 12.6. The van der Waals surface area contributed by atoms with Gasteiger partial charge in [-0.05, 0) is 43.2 Å². The number of aromatic nitrogens is 2. The van der Waals surface area contributed by atoms with Gasteiger partial charge in [-0.1, -0.05) is 76.5 Å². The first kappa shape index (κ1) is 23.2. The highest BCUT2D eigenvalue weighted by Crippen LogP contribution is 2.31. The van der Waals surface area contributed by atoms with Crippen LogP contribution in [0.25, 0.3) is 28.4 Å². The Kier molecular flexibility index (Phi) is 8.24. The SMILES string of the molecule is CCCCCCCCCCCC1=N/C(=C/c2[nH]c(-c3cc4ccccc4[nH]3)cc2OC)C=C1. The van der Waals surface area contributed by atoms with E-state index >= 15 is 0 Å². The van der Waals surface area contributed by atoms with Crippen molar-refractivity contribution in [2.24, 2.45) is 4.99 Å². The van der Waals surface area contributed by atoms with Crippen LogP contribution in [0, 0.1) is 0 Å². The summed E-state index contributed by atoms with van der Waals surface area (Å²) in [5.74, 6) is 0.826. The lowest BCUT2D eigenvalue weighted by molar-refractivity contribution is 0.414. The van der Waals surface area contributed by atoms with Gasteiger partial charge in [-0.2, -0.15) is 0 Å². The third-order valence-corrected chi connectivity index (χ3v) is 6.40. The predicted octanol–water partition coefficient (Wildman–Crippen LogP) is 8.44. The molecule has 174 valence electrons. The van der Waals surface area contributed by atoms with Crippen molar-refractivity contribution in [3.8, 4) is 17.1 Å². The molecule has 4 nitrogen and oxygen atoms in total. The summed E-state index contributed by atoms with van der Waals surface area (Å²) in [4.78, 5) is 11.8. The van der Waals surface area contributed by atoms with Crippen molar-refractivity contribution in [1.29, 1.82) is 0 Å². The Hall–Kier alpha value is -3.01. The summed E-state index contributed by atoms with van der Waals surface area (Å²) in [6.45, 7) is 2.28. The number of hydrogen-bond donors (Lipinski definition) is 2. The van der Waals surface area contributed by atoms with E-state index in [1.807, 2.05) is 12.1 Å². The second kappa shape index (κ2) is 11.7. The van der Waals surface area contributed by atoms with E-state index in [0.29, 0.717) is 0 Å². The second-order valence-corrected chi connectivity index (χ2v) is 9.02. The largest absolute Gasteiger partial charge is 0.494 e. The molecule has 1 aromatic carbocycles. The summed E-state index contributed by atoms with van der Waals surface area (Å²) in [5, 5.41) is 1.20. The molecule has 0 saturated carbocycles. The van der Waals surface area contributed by atoms with Crippen molar-refractivity contribution in [1.82, 2.24) is 9.97 Å². The van der Waals surface area contributed by atoms with E-state index in [0.717, 1.165) is 40.5 Å². The molecule has 0 amide bonds. The zero-order chi connectivity index (χ0) is 22.9. The number of aliphatic imine (C=N–C) groups is 1. The van der Waals surface area contributed by atoms with E-state index in [1.165, 1.54) is 68.9 Å². The van der Waals surface area contributed by atoms with Gasteiger partial charge in [-0.15, -0.1) is 0 Å². The summed E-state index contributed by atoms with van der Waals surface area (Å²) in [7, 11) is 1.71. The van der Waals surface area contributed by atoms with Crippen molar-refractivity contribution in [3.63, 3.8) is 0 Å². The van der Waals surface area contributed by atoms with Crippen LogP contribution in [-0.4, -0.2) is 22.8 Å². The zero-order valence-electron chi connectivity index (χ0n) is 20.1. The number of aromatic amines is 2. The number of methoxy groups -OCH3 is 1. The van der Waals surface area contributed by atoms with Gasteiger partial charge < -0.3 is 14.7 Å². The smallest absolute Gasteiger partial charge is 0.144 e. The minimum atomic E-state index is 0.826. The Morgan fingerprint density at radius 2 is 1.58 bits per heavy atom. The molecule has 1 aliphatic heterocycles. The number of para-hydroxylation sites is 1. The molecule has 4 rings (SSSR count). The minimum Gasteiger partial charge on any atom is -0.494 e. The maximum atomic E-state index is 5.63. The molecule has 3 heterocycles. The highest BCUT2D eigenvalue weighted by molar-refractivity contribution is 5.99. The standard InChI is InChI=1S/C29H37N3O/c1-3-4-5-6-7-8-9-10-11-15-23-17-18-24(30-23)20-28-29(33-2)21-27(32-28)26-19-22-14-12-13-16-25(22)31-26/h12-14,16-21,31-32H,3-11,15H2,1-2H3/b24-20+. The Morgan fingerprint density at radius 3 is 2.33 bits per heavy atom. The predicted molar refractivity (Wildman–Crippen MR) is 141 cm³/mol. The molecular formula is C29H37N3O. The summed E-state index contributed by atoms with van der Waals surface area (Å²) in [6, 6.07) is 12.5. The summed E-state index contributed by atoms with van der Waals surface area (Å²) < 4.78 is 5.63. The van der Waals surface area contributed by atoms with E-state index in [1.54, 1.807) is 7.11 Å². The molecule has 2 aromatic heterocycles. The number of H-pyrrole nitrogens is 2. The lowest BCUT2D eigenvalue weighted by Crippen LogP contribution is -1.90. The zero-order valence-corrected chi connectivity index (χ0v) is 20.1. The van der Waals surface area contributed by atoms with Gasteiger partial charge in [0, 0.05) is 22.7 Å². The van der Waals surface area contributed by atoms with Crippen LogP contribution in [0.5, 0.6) is 5.75 Å². The van der Waals surface area contributed by atoms with Gasteiger partial charge in [0.25, 0.3) is 0 Å². The number of hydrogen-bond acceptors (Lipinski definition) is 2. The van der Waals surface area contributed by atoms with Gasteiger partial charge in [0.15, 0.2) is 0 Å². The summed E-state index contributed by atoms with van der Waals surface area (Å²) in [5.41, 5.74) is 6.30. The Balaban J connectivity index is 1.31. The maximum Gasteiger partial charge on any atom is 0.144 e. The molecule has 0 spiro atoms. The lowest BCUT2D eigenvalue weighted by Gasteiger charge is -2.02. The first-order valence-electron chi connectivity index (χ1n) is 12.6. The average Bonchev–Trinajstić information content (AvgIpc) is 3.56. The number of unbranched alkanes of at least 4 members (excludes halogenated alkanes) is 8. The van der Waals surface area contributed by atoms with Gasteiger partial charge in [-0.25, -0.2) is 0 Å². The van der Waals surface area contributed by atoms with Crippen molar-refractivity contribution in [3.05, 3.63) is 59.9 Å². The topological polar surface area (TPSA) is 53.2 Å². The van der Waals surface area contributed by atoms with Crippen LogP contribution in [0.1, 0.15) is 76.8 Å². The van der Waals surface area contributed by atoms with Gasteiger partial charge >= 0.3 is 0 Å². The molecule has 0 unspecified atom stereocenters. The second-order valence-electron chi connectivity index (χ2n) is 9.02. The average molecular weight is 444 g/mol. The van der Waals surface area contributed by atoms with Crippen LogP contribution in [0.2, 0.25) is 0 Å². The third-order valence-electron chi connectivity index (χ3n) is 6.40. The summed E-state index contributed by atoms with van der Waals surface area (Å²) >= 11 is 0. The Bertz CT molecular complexity index is 1100. The van der Waals surface area contributed by atoms with Crippen molar-refractivity contribution >= 4 is 22.7 Å². The number of fused-ring (bicyclic) bond motifs is 1. The number of nitrogens with zero attached hydrogens (tertiary/aromatic N) is 1. The maximum absolute atomic E-state index is 5.63. The van der Waals surface area contributed by atoms with E-state index in [-0.39, 0.29) is 0 Å². The number of ether oxygens (including phenoxy) is 1. The summed E-state index contributed by atoms with van der Waals surface area (Å²) in [6.07, 6.45) is 19.6. The van der Waals surface area contributed by atoms with Crippen LogP contribution in [0.3, 0.4) is 0 Å². The highest BCUT2D eigenvalue weighted by atomic mass is 16.5. The lowest BCUT2D eigenvalue weighted by atomic mass is 10.1. The molecule has 0 saturated heterocycles. The minimum absolute atomic E-state index is 0.826. The van der Waals surface area contributed by atoms with Crippen LogP contribution in [0.15, 0.2) is 59.2 Å². The fourth-order valence-corrected chi connectivity index (χ4v) is 4.50. The number of benzene rings is 1. The fourth-order valence-electron chi connectivity index (χ4n) is 4.50. The van der Waals surface area contributed by atoms with E-state index < -0.39 is 0 Å². The molecule has 0 atom stereocenters. The molecule has 33 heavy (non-hydrogen) atoms. The van der Waals surface area contributed by atoms with Gasteiger partial charge in [0.1, 0.15) is 5.75 Å². The van der Waals surface area contributed by atoms with Gasteiger partial charge in [0.2, 0.25) is 0 Å². The van der Waals surface area contributed by atoms with Crippen molar-refractivity contribution < 1.29 is 4.74 Å². The van der Waals surface area contributed by atoms with Gasteiger partial charge in [-0.3, -0.25) is 4.99 Å². The van der Waals surface area contributed by atoms with Crippen molar-refractivity contribution in [2.45, 2.75) is 71.1 Å². The third kappa shape index (κ3) is 6.28. The molecule has 0 radical (unpaired) electrons. The monoisotopic (exact) mass is 443 g/mol. The molecule has 0 fully saturated rings. The fraction of sp³-hybridized carbons (Fsp3) is 0.414. The molecule has 3 aromatic rings. The van der Waals surface area contributed by atoms with E-state index in [4.69, 9.17) is 9.73 Å². The molecule has 0 aliphatic carbocycles. The Labute approximate surface area is 197 Å². The van der Waals surface area contributed by atoms with Crippen LogP contribution < -0.4 is 4.74 Å². The number of allylic oxidation sites excluding steroid dienone is 2. The molecular weight excluding hydrogens is 406 g/mol. The van der Waals surface area contributed by atoms with Gasteiger partial charge in [0.05, 0.1) is 29.9 Å². The molecule has 2 N–H and O–H groups in total. The Morgan fingerprint density at radius 1 is 0.848 bits per heavy atom. The number of nitrogens with one attached hydrogen (secondary N) is 2. The normalized spacial score (nSPS) is 14.5. The van der Waals surface area contributed by atoms with Crippen LogP contribution >= 0.6 is 0 Å². The highest BCUT2D eigenvalue weighted by Gasteiger charge is 2.12. The molecule has 4 heteroatoms. The van der Waals surface area contributed by atoms with Crippen molar-refractivity contribution in [2.75, 3.05) is 7.11 Å². The molecule has 0 bridgehead atoms. The van der Waals surface area contributed by atoms with E-state index in [2.05, 4.69) is 59.4 Å². The van der Waals surface area contributed by atoms with Crippen LogP contribution in [0.4, 0.5) is 0 Å². The molecule has 1 aliphatic rings. The van der Waals surface area contributed by atoms with Crippen LogP contribution in [-0.2, 0) is 0 Å². The number of rotatable bonds is 13. The first-order chi connectivity index (χ1) is 16.3. The quantitative estimate of drug-likeness (QED) is 0.256. The van der Waals surface area contributed by atoms with E-state index in [9.17, 15) is 0 Å².